The maximum atomic E-state index is 11.5. The van der Waals surface area contributed by atoms with Crippen LogP contribution in [-0.4, -0.2) is 27.5 Å². The molecule has 0 atom stereocenters. The van der Waals surface area contributed by atoms with Gasteiger partial charge in [-0.3, -0.25) is 4.79 Å². The van der Waals surface area contributed by atoms with Gasteiger partial charge in [-0.25, -0.2) is 0 Å². The SMILES string of the molecule is Bc1cc(NC(=O)/C=C/OCC)cc(OC)c1. The van der Waals surface area contributed by atoms with Crippen LogP contribution in [0.25, 0.3) is 0 Å². The molecule has 0 aliphatic rings. The van der Waals surface area contributed by atoms with Gasteiger partial charge in [0.25, 0.3) is 5.91 Å². The fraction of sp³-hybridized carbons (Fsp3) is 0.250. The van der Waals surface area contributed by atoms with Crippen LogP contribution < -0.4 is 15.5 Å². The Morgan fingerprint density at radius 3 is 2.88 bits per heavy atom. The van der Waals surface area contributed by atoms with Crippen molar-refractivity contribution in [2.75, 3.05) is 19.0 Å². The summed E-state index contributed by atoms with van der Waals surface area (Å²) in [5.41, 5.74) is 1.72. The van der Waals surface area contributed by atoms with Crippen LogP contribution in [-0.2, 0) is 9.53 Å². The predicted octanol–water partition coefficient (Wildman–Crippen LogP) is 0.442. The maximum absolute atomic E-state index is 11.5. The number of rotatable bonds is 5. The van der Waals surface area contributed by atoms with Gasteiger partial charge in [-0.2, -0.15) is 0 Å². The van der Waals surface area contributed by atoms with E-state index in [9.17, 15) is 4.79 Å². The lowest BCUT2D eigenvalue weighted by Gasteiger charge is -2.07. The first kappa shape index (κ1) is 13.2. The number of benzene rings is 1. The lowest BCUT2D eigenvalue weighted by molar-refractivity contribution is -0.112. The van der Waals surface area contributed by atoms with Crippen molar-refractivity contribution in [2.24, 2.45) is 0 Å². The number of carbonyl (C=O) groups is 1. The lowest BCUT2D eigenvalue weighted by atomic mass is 9.95. The zero-order chi connectivity index (χ0) is 12.7. The van der Waals surface area contributed by atoms with Crippen molar-refractivity contribution in [3.63, 3.8) is 0 Å². The van der Waals surface area contributed by atoms with E-state index in [1.807, 2.05) is 26.9 Å². The molecule has 1 aromatic carbocycles. The number of hydrogen-bond acceptors (Lipinski definition) is 3. The minimum Gasteiger partial charge on any atom is -0.501 e. The van der Waals surface area contributed by atoms with Gasteiger partial charge in [-0.15, -0.1) is 0 Å². The molecule has 0 heterocycles. The molecule has 0 fully saturated rings. The number of carbonyl (C=O) groups excluding carboxylic acids is 1. The molecule has 17 heavy (non-hydrogen) atoms. The Morgan fingerprint density at radius 2 is 2.24 bits per heavy atom. The number of anilines is 1. The molecular formula is C12H16BNO3. The van der Waals surface area contributed by atoms with Crippen LogP contribution in [0.1, 0.15) is 6.92 Å². The number of hydrogen-bond donors (Lipinski definition) is 1. The topological polar surface area (TPSA) is 47.6 Å². The fourth-order valence-electron chi connectivity index (χ4n) is 1.33. The Balaban J connectivity index is 2.67. The summed E-state index contributed by atoms with van der Waals surface area (Å²) >= 11 is 0. The first-order valence-electron chi connectivity index (χ1n) is 5.40. The Bertz CT molecular complexity index is 418. The number of methoxy groups -OCH3 is 1. The largest absolute Gasteiger partial charge is 0.501 e. The van der Waals surface area contributed by atoms with E-state index >= 15 is 0 Å². The second-order valence-corrected chi connectivity index (χ2v) is 3.49. The van der Waals surface area contributed by atoms with Crippen molar-refractivity contribution < 1.29 is 14.3 Å². The summed E-state index contributed by atoms with van der Waals surface area (Å²) in [7, 11) is 3.53. The van der Waals surface area contributed by atoms with Gasteiger partial charge >= 0.3 is 0 Å². The van der Waals surface area contributed by atoms with E-state index in [0.29, 0.717) is 18.0 Å². The van der Waals surface area contributed by atoms with Crippen molar-refractivity contribution in [3.05, 3.63) is 30.5 Å². The Hall–Kier alpha value is -1.91. The highest BCUT2D eigenvalue weighted by Crippen LogP contribution is 2.14. The van der Waals surface area contributed by atoms with Crippen molar-refractivity contribution in [1.82, 2.24) is 0 Å². The van der Waals surface area contributed by atoms with Gasteiger partial charge in [0.15, 0.2) is 0 Å². The summed E-state index contributed by atoms with van der Waals surface area (Å²) in [5, 5.41) is 2.73. The van der Waals surface area contributed by atoms with Crippen molar-refractivity contribution in [2.45, 2.75) is 6.92 Å². The average molecular weight is 233 g/mol. The number of amides is 1. The molecule has 0 radical (unpaired) electrons. The molecule has 0 bridgehead atoms. The second kappa shape index (κ2) is 6.63. The van der Waals surface area contributed by atoms with Gasteiger partial charge in [0.2, 0.25) is 0 Å². The molecule has 5 heteroatoms. The van der Waals surface area contributed by atoms with E-state index in [1.165, 1.54) is 12.3 Å². The van der Waals surface area contributed by atoms with Crippen LogP contribution in [0.3, 0.4) is 0 Å². The lowest BCUT2D eigenvalue weighted by Crippen LogP contribution is -2.11. The van der Waals surface area contributed by atoms with E-state index in [2.05, 4.69) is 5.32 Å². The summed E-state index contributed by atoms with van der Waals surface area (Å²) < 4.78 is 10.1. The van der Waals surface area contributed by atoms with Gasteiger partial charge in [-0.1, -0.05) is 5.46 Å². The van der Waals surface area contributed by atoms with Gasteiger partial charge in [0.05, 0.1) is 20.0 Å². The maximum Gasteiger partial charge on any atom is 0.251 e. The number of nitrogens with one attached hydrogen (secondary N) is 1. The molecule has 0 aliphatic carbocycles. The molecule has 1 N–H and O–H groups in total. The van der Waals surface area contributed by atoms with E-state index in [1.54, 1.807) is 13.2 Å². The average Bonchev–Trinajstić information content (AvgIpc) is 2.28. The minimum absolute atomic E-state index is 0.230. The van der Waals surface area contributed by atoms with E-state index in [4.69, 9.17) is 9.47 Å². The molecule has 1 aromatic rings. The first-order valence-corrected chi connectivity index (χ1v) is 5.40. The number of ether oxygens (including phenoxy) is 2. The summed E-state index contributed by atoms with van der Waals surface area (Å²) in [6, 6.07) is 5.53. The van der Waals surface area contributed by atoms with Gasteiger partial charge < -0.3 is 14.8 Å². The van der Waals surface area contributed by atoms with Gasteiger partial charge in [0.1, 0.15) is 13.6 Å². The van der Waals surface area contributed by atoms with Crippen molar-refractivity contribution in [3.8, 4) is 5.75 Å². The first-order chi connectivity index (χ1) is 8.15. The zero-order valence-corrected chi connectivity index (χ0v) is 10.3. The molecule has 4 nitrogen and oxygen atoms in total. The van der Waals surface area contributed by atoms with Crippen LogP contribution in [0.2, 0.25) is 0 Å². The van der Waals surface area contributed by atoms with E-state index < -0.39 is 0 Å². The highest BCUT2D eigenvalue weighted by atomic mass is 16.5. The summed E-state index contributed by atoms with van der Waals surface area (Å²) in [6.07, 6.45) is 2.72. The molecule has 0 saturated heterocycles. The summed E-state index contributed by atoms with van der Waals surface area (Å²) in [6.45, 7) is 2.40. The molecule has 1 rings (SSSR count). The molecule has 0 aliphatic heterocycles. The summed E-state index contributed by atoms with van der Waals surface area (Å²) in [5.74, 6) is 0.486. The van der Waals surface area contributed by atoms with E-state index in [0.717, 1.165) is 5.46 Å². The van der Waals surface area contributed by atoms with Crippen LogP contribution >= 0.6 is 0 Å². The Kier molecular flexibility index (Phi) is 5.13. The predicted molar refractivity (Wildman–Crippen MR) is 70.6 cm³/mol. The quantitative estimate of drug-likeness (QED) is 0.456. The molecule has 0 unspecified atom stereocenters. The third-order valence-corrected chi connectivity index (χ3v) is 2.04. The van der Waals surface area contributed by atoms with Gasteiger partial charge in [-0.05, 0) is 19.1 Å². The van der Waals surface area contributed by atoms with Crippen molar-refractivity contribution >= 4 is 24.9 Å². The fourth-order valence-corrected chi connectivity index (χ4v) is 1.33. The van der Waals surface area contributed by atoms with Crippen molar-refractivity contribution in [1.29, 1.82) is 0 Å². The smallest absolute Gasteiger partial charge is 0.251 e. The third kappa shape index (κ3) is 4.63. The highest BCUT2D eigenvalue weighted by molar-refractivity contribution is 6.32. The normalized spacial score (nSPS) is 10.2. The second-order valence-electron chi connectivity index (χ2n) is 3.49. The third-order valence-electron chi connectivity index (χ3n) is 2.04. The van der Waals surface area contributed by atoms with Crippen LogP contribution in [0.5, 0.6) is 5.75 Å². The van der Waals surface area contributed by atoms with E-state index in [-0.39, 0.29) is 5.91 Å². The highest BCUT2D eigenvalue weighted by Gasteiger charge is 2.01. The standard InChI is InChI=1S/C12H16BNO3/c1-3-17-5-4-12(15)14-10-6-9(13)7-11(8-10)16-2/h4-8H,3,13H2,1-2H3,(H,14,15)/b5-4+. The monoisotopic (exact) mass is 233 g/mol. The van der Waals surface area contributed by atoms with Crippen LogP contribution in [0.4, 0.5) is 5.69 Å². The summed E-state index contributed by atoms with van der Waals surface area (Å²) in [4.78, 5) is 11.5. The Labute approximate surface area is 102 Å². The molecule has 0 spiro atoms. The van der Waals surface area contributed by atoms with Crippen LogP contribution in [0.15, 0.2) is 30.5 Å². The molecule has 0 aromatic heterocycles. The molecule has 1 amide bonds. The minimum atomic E-state index is -0.230. The Morgan fingerprint density at radius 1 is 1.47 bits per heavy atom. The molecule has 0 saturated carbocycles. The zero-order valence-electron chi connectivity index (χ0n) is 10.3. The molecular weight excluding hydrogens is 217 g/mol. The molecule has 90 valence electrons. The van der Waals surface area contributed by atoms with Gasteiger partial charge in [0, 0.05) is 17.8 Å². The van der Waals surface area contributed by atoms with Crippen LogP contribution in [0, 0.1) is 0 Å².